The number of nitrogens with zero attached hydrogens (tertiary/aromatic N) is 3. The molecule has 0 spiro atoms. The molecule has 1 N–H and O–H groups in total. The zero-order chi connectivity index (χ0) is 27.4. The highest BCUT2D eigenvalue weighted by Gasteiger charge is 2.56. The summed E-state index contributed by atoms with van der Waals surface area (Å²) >= 11 is 0. The number of hydrogen-bond acceptors (Lipinski definition) is 7. The molecule has 204 valence electrons. The first-order valence-electron chi connectivity index (χ1n) is 13.5. The molecule has 0 aliphatic carbocycles. The van der Waals surface area contributed by atoms with Gasteiger partial charge >= 0.3 is 6.03 Å². The summed E-state index contributed by atoms with van der Waals surface area (Å²) in [5.74, 6) is 0.315. The second kappa shape index (κ2) is 9.34. The summed E-state index contributed by atoms with van der Waals surface area (Å²) in [5, 5.41) is 2.48. The molecule has 5 heterocycles. The van der Waals surface area contributed by atoms with Crippen LogP contribution < -0.4 is 25.2 Å². The van der Waals surface area contributed by atoms with Crippen LogP contribution in [0.1, 0.15) is 23.6 Å². The van der Waals surface area contributed by atoms with Gasteiger partial charge in [-0.25, -0.2) is 9.69 Å². The molecule has 0 radical (unpaired) electrons. The lowest BCUT2D eigenvalue weighted by atomic mass is 9.75. The molecule has 0 saturated carbocycles. The third-order valence-electron chi connectivity index (χ3n) is 8.48. The monoisotopic (exact) mass is 540 g/mol. The molecule has 4 amide bonds. The van der Waals surface area contributed by atoms with Crippen molar-refractivity contribution in [3.63, 3.8) is 0 Å². The second-order valence-electron chi connectivity index (χ2n) is 11.1. The number of fused-ring (bicyclic) bond motifs is 5. The van der Waals surface area contributed by atoms with Crippen LogP contribution in [0.15, 0.2) is 71.5 Å². The maximum absolute atomic E-state index is 14.4. The second-order valence-corrected chi connectivity index (χ2v) is 11.1. The lowest BCUT2D eigenvalue weighted by molar-refractivity contribution is -0.144. The fourth-order valence-electron chi connectivity index (χ4n) is 6.74. The normalized spacial score (nSPS) is 25.5. The minimum absolute atomic E-state index is 0.00113. The Kier molecular flexibility index (Phi) is 5.74. The number of urea groups is 1. The highest BCUT2D eigenvalue weighted by atomic mass is 16.7. The number of benzene rings is 2. The summed E-state index contributed by atoms with van der Waals surface area (Å²) in [7, 11) is 0. The van der Waals surface area contributed by atoms with E-state index in [1.165, 1.54) is 0 Å². The number of barbiturate groups is 1. The molecule has 2 bridgehead atoms. The van der Waals surface area contributed by atoms with Crippen molar-refractivity contribution < 1.29 is 23.9 Å². The number of likely N-dealkylation sites (tertiary alicyclic amines) is 1. The van der Waals surface area contributed by atoms with Crippen LogP contribution in [0.3, 0.4) is 0 Å². The number of carbonyl (C=O) groups is 3. The van der Waals surface area contributed by atoms with Crippen LogP contribution in [0.2, 0.25) is 0 Å². The zero-order valence-electron chi connectivity index (χ0n) is 21.7. The van der Waals surface area contributed by atoms with Gasteiger partial charge in [0.15, 0.2) is 11.5 Å². The van der Waals surface area contributed by atoms with Gasteiger partial charge in [-0.05, 0) is 54.7 Å². The van der Waals surface area contributed by atoms with Crippen molar-refractivity contribution in [2.75, 3.05) is 31.3 Å². The van der Waals surface area contributed by atoms with Crippen LogP contribution in [-0.4, -0.2) is 53.7 Å². The van der Waals surface area contributed by atoms with Crippen molar-refractivity contribution in [1.82, 2.24) is 14.8 Å². The Hall–Kier alpha value is -4.44. The number of anilines is 1. The molecular formula is C30H28N4O6. The van der Waals surface area contributed by atoms with Crippen molar-refractivity contribution in [3.8, 4) is 11.5 Å². The predicted octanol–water partition coefficient (Wildman–Crippen LogP) is 2.51. The number of piperidine rings is 1. The van der Waals surface area contributed by atoms with Crippen molar-refractivity contribution >= 4 is 23.5 Å². The number of aromatic nitrogens is 1. The number of hydrogen-bond donors (Lipinski definition) is 1. The van der Waals surface area contributed by atoms with Gasteiger partial charge < -0.3 is 18.9 Å². The molecule has 40 heavy (non-hydrogen) atoms. The Bertz CT molecular complexity index is 1590. The van der Waals surface area contributed by atoms with Crippen LogP contribution >= 0.6 is 0 Å². The van der Waals surface area contributed by atoms with Gasteiger partial charge in [-0.15, -0.1) is 0 Å². The van der Waals surface area contributed by atoms with Crippen LogP contribution in [0.5, 0.6) is 11.5 Å². The molecule has 10 nitrogen and oxygen atoms in total. The molecule has 1 aromatic heterocycles. The van der Waals surface area contributed by atoms with Crippen molar-refractivity contribution in [3.05, 3.63) is 88.3 Å². The molecule has 3 atom stereocenters. The quantitative estimate of drug-likeness (QED) is 0.495. The molecule has 2 saturated heterocycles. The summed E-state index contributed by atoms with van der Waals surface area (Å²) in [6.07, 6.45) is 1.02. The topological polar surface area (TPSA) is 110 Å². The first kappa shape index (κ1) is 24.6. The van der Waals surface area contributed by atoms with Gasteiger partial charge in [0.05, 0.1) is 5.69 Å². The van der Waals surface area contributed by atoms with E-state index in [2.05, 4.69) is 10.2 Å². The molecule has 4 aliphatic heterocycles. The molecular weight excluding hydrogens is 512 g/mol. The van der Waals surface area contributed by atoms with E-state index in [-0.39, 0.29) is 37.2 Å². The molecule has 2 fully saturated rings. The number of amides is 4. The van der Waals surface area contributed by atoms with Gasteiger partial charge in [0.2, 0.25) is 12.7 Å². The molecule has 10 heteroatoms. The molecule has 3 aromatic rings. The number of rotatable bonds is 5. The zero-order valence-corrected chi connectivity index (χ0v) is 21.7. The summed E-state index contributed by atoms with van der Waals surface area (Å²) in [5.41, 5.74) is 0.539. The SMILES string of the molecule is O=C1NC(=O)[C@](Cc2ccc3c(c2)OCO3)(CN2C[C@@H]3C[C@H](C2)c2cccc(=O)n2C3)C(=O)N1c1ccccc1. The van der Waals surface area contributed by atoms with Crippen molar-refractivity contribution in [2.24, 2.45) is 11.3 Å². The van der Waals surface area contributed by atoms with E-state index in [1.54, 1.807) is 54.6 Å². The fraction of sp³-hybridized carbons (Fsp3) is 0.333. The lowest BCUT2D eigenvalue weighted by Crippen LogP contribution is -2.68. The Labute approximate surface area is 230 Å². The van der Waals surface area contributed by atoms with Crippen LogP contribution in [-0.2, 0) is 22.6 Å². The Balaban J connectivity index is 1.27. The van der Waals surface area contributed by atoms with Crippen molar-refractivity contribution in [2.45, 2.75) is 25.3 Å². The summed E-state index contributed by atoms with van der Waals surface area (Å²) in [4.78, 5) is 57.0. The summed E-state index contributed by atoms with van der Waals surface area (Å²) in [6.45, 7) is 2.09. The Morgan fingerprint density at radius 1 is 0.875 bits per heavy atom. The number of para-hydroxylation sites is 1. The highest BCUT2D eigenvalue weighted by Crippen LogP contribution is 2.40. The van der Waals surface area contributed by atoms with Gasteiger partial charge in [0.25, 0.3) is 11.5 Å². The number of imide groups is 2. The Morgan fingerprint density at radius 2 is 1.70 bits per heavy atom. The van der Waals surface area contributed by atoms with Gasteiger partial charge in [0.1, 0.15) is 5.41 Å². The lowest BCUT2D eigenvalue weighted by Gasteiger charge is -2.47. The first-order chi connectivity index (χ1) is 19.4. The fourth-order valence-corrected chi connectivity index (χ4v) is 6.74. The molecule has 2 aromatic carbocycles. The minimum atomic E-state index is -1.57. The van der Waals surface area contributed by atoms with E-state index in [9.17, 15) is 19.2 Å². The average molecular weight is 541 g/mol. The Morgan fingerprint density at radius 3 is 2.55 bits per heavy atom. The number of ether oxygens (including phenoxy) is 2. The van der Waals surface area contributed by atoms with Crippen LogP contribution in [0.25, 0.3) is 0 Å². The third-order valence-corrected chi connectivity index (χ3v) is 8.48. The van der Waals surface area contributed by atoms with Crippen LogP contribution in [0, 0.1) is 11.3 Å². The predicted molar refractivity (Wildman–Crippen MR) is 144 cm³/mol. The maximum Gasteiger partial charge on any atom is 0.335 e. The van der Waals surface area contributed by atoms with Gasteiger partial charge in [-0.1, -0.05) is 30.3 Å². The standard InChI is InChI=1S/C30H28N4O6/c35-26-8-4-7-23-21-11-20(15-33(23)26)14-32(16-21)17-30(13-19-9-10-24-25(12-19)40-18-39-24)27(36)31-29(38)34(28(30)37)22-5-2-1-3-6-22/h1-10,12,20-21H,11,13-18H2,(H,31,36,38)/t20-,21+,30-/m0/s1. The number of carbonyl (C=O) groups excluding carboxylic acids is 3. The van der Waals surface area contributed by atoms with E-state index in [0.29, 0.717) is 36.8 Å². The summed E-state index contributed by atoms with van der Waals surface area (Å²) in [6, 6.07) is 18.7. The van der Waals surface area contributed by atoms with Crippen molar-refractivity contribution in [1.29, 1.82) is 0 Å². The third kappa shape index (κ3) is 3.98. The first-order valence-corrected chi connectivity index (χ1v) is 13.5. The van der Waals surface area contributed by atoms with E-state index >= 15 is 0 Å². The van der Waals surface area contributed by atoms with Gasteiger partial charge in [-0.3, -0.25) is 19.7 Å². The smallest absolute Gasteiger partial charge is 0.335 e. The molecule has 4 aliphatic rings. The number of pyridine rings is 1. The van der Waals surface area contributed by atoms with Gasteiger partial charge in [-0.2, -0.15) is 0 Å². The highest BCUT2D eigenvalue weighted by molar-refractivity contribution is 6.30. The van der Waals surface area contributed by atoms with E-state index < -0.39 is 23.3 Å². The van der Waals surface area contributed by atoms with E-state index in [1.807, 2.05) is 16.7 Å². The minimum Gasteiger partial charge on any atom is -0.454 e. The largest absolute Gasteiger partial charge is 0.454 e. The van der Waals surface area contributed by atoms with E-state index in [0.717, 1.165) is 22.6 Å². The summed E-state index contributed by atoms with van der Waals surface area (Å²) < 4.78 is 12.9. The number of nitrogens with one attached hydrogen (secondary N) is 1. The van der Waals surface area contributed by atoms with Gasteiger partial charge in [0, 0.05) is 43.9 Å². The maximum atomic E-state index is 14.4. The average Bonchev–Trinajstić information content (AvgIpc) is 3.41. The molecule has 0 unspecified atom stereocenters. The van der Waals surface area contributed by atoms with Crippen LogP contribution in [0.4, 0.5) is 10.5 Å². The van der Waals surface area contributed by atoms with E-state index in [4.69, 9.17) is 9.47 Å². The molecule has 7 rings (SSSR count).